The second kappa shape index (κ2) is 7.25. The number of hydrogen-bond donors (Lipinski definition) is 3. The van der Waals surface area contributed by atoms with Gasteiger partial charge in [0.05, 0.1) is 17.3 Å². The second-order valence-corrected chi connectivity index (χ2v) is 5.09. The summed E-state index contributed by atoms with van der Waals surface area (Å²) in [5, 5.41) is 11.5. The third kappa shape index (κ3) is 4.65. The zero-order valence-corrected chi connectivity index (χ0v) is 12.2. The molecule has 1 aromatic rings. The molecule has 0 spiro atoms. The quantitative estimate of drug-likeness (QED) is 0.748. The molecule has 0 bridgehead atoms. The lowest BCUT2D eigenvalue weighted by Gasteiger charge is -2.13. The number of benzene rings is 1. The lowest BCUT2D eigenvalue weighted by atomic mass is 10.1. The monoisotopic (exact) mass is 328 g/mol. The lowest BCUT2D eigenvalue weighted by Crippen LogP contribution is -2.35. The average Bonchev–Trinajstić information content (AvgIpc) is 2.37. The molecule has 0 aliphatic heterocycles. The third-order valence-electron chi connectivity index (χ3n) is 2.68. The van der Waals surface area contributed by atoms with Gasteiger partial charge in [-0.15, -0.1) is 0 Å². The van der Waals surface area contributed by atoms with Crippen molar-refractivity contribution in [2.45, 2.75) is 32.2 Å². The first-order valence-electron chi connectivity index (χ1n) is 6.05. The fourth-order valence-corrected chi connectivity index (χ4v) is 2.01. The van der Waals surface area contributed by atoms with Crippen LogP contribution < -0.4 is 11.1 Å². The van der Waals surface area contributed by atoms with E-state index in [4.69, 9.17) is 10.8 Å². The van der Waals surface area contributed by atoms with Crippen LogP contribution in [0, 0.1) is 0 Å². The minimum atomic E-state index is -1.02. The topological polar surface area (TPSA) is 92.4 Å². The van der Waals surface area contributed by atoms with Gasteiger partial charge in [0.15, 0.2) is 0 Å². The van der Waals surface area contributed by atoms with Gasteiger partial charge in [0.2, 0.25) is 5.91 Å². The number of carboxylic acids is 1. The van der Waals surface area contributed by atoms with Crippen LogP contribution in [0.15, 0.2) is 22.7 Å². The van der Waals surface area contributed by atoms with Crippen LogP contribution in [0.1, 0.15) is 36.5 Å². The van der Waals surface area contributed by atoms with Crippen molar-refractivity contribution in [1.82, 2.24) is 0 Å². The van der Waals surface area contributed by atoms with Crippen LogP contribution in [-0.4, -0.2) is 23.0 Å². The van der Waals surface area contributed by atoms with Gasteiger partial charge >= 0.3 is 5.97 Å². The summed E-state index contributed by atoms with van der Waals surface area (Å²) < 4.78 is 0.517. The SMILES string of the molecule is CCCC[C@H](N)C(=O)Nc1ccc(C(=O)O)cc1Br. The molecule has 0 aromatic heterocycles. The highest BCUT2D eigenvalue weighted by molar-refractivity contribution is 9.10. The molecule has 1 aromatic carbocycles. The number of aromatic carboxylic acids is 1. The number of carbonyl (C=O) groups excluding carboxylic acids is 1. The van der Waals surface area contributed by atoms with Gasteiger partial charge in [-0.25, -0.2) is 4.79 Å². The molecule has 1 amide bonds. The van der Waals surface area contributed by atoms with Crippen LogP contribution in [0.4, 0.5) is 5.69 Å². The van der Waals surface area contributed by atoms with Gasteiger partial charge in [-0.2, -0.15) is 0 Å². The number of amides is 1. The zero-order chi connectivity index (χ0) is 14.4. The first kappa shape index (κ1) is 15.7. The first-order chi connectivity index (χ1) is 8.95. The van der Waals surface area contributed by atoms with Gasteiger partial charge < -0.3 is 16.2 Å². The second-order valence-electron chi connectivity index (χ2n) is 4.24. The number of nitrogens with two attached hydrogens (primary N) is 1. The Kier molecular flexibility index (Phi) is 5.98. The normalized spacial score (nSPS) is 11.9. The van der Waals surface area contributed by atoms with E-state index >= 15 is 0 Å². The molecule has 0 unspecified atom stereocenters. The van der Waals surface area contributed by atoms with Crippen LogP contribution in [0.2, 0.25) is 0 Å². The van der Waals surface area contributed by atoms with Crippen molar-refractivity contribution in [2.75, 3.05) is 5.32 Å². The van der Waals surface area contributed by atoms with E-state index in [1.165, 1.54) is 18.2 Å². The van der Waals surface area contributed by atoms with Gasteiger partial charge in [0.1, 0.15) is 0 Å². The Morgan fingerprint density at radius 1 is 1.47 bits per heavy atom. The van der Waals surface area contributed by atoms with E-state index in [1.54, 1.807) is 0 Å². The summed E-state index contributed by atoms with van der Waals surface area (Å²) in [6.07, 6.45) is 2.51. The van der Waals surface area contributed by atoms with Gasteiger partial charge in [0.25, 0.3) is 0 Å². The molecule has 19 heavy (non-hydrogen) atoms. The van der Waals surface area contributed by atoms with Gasteiger partial charge in [-0.3, -0.25) is 4.79 Å². The number of nitrogens with one attached hydrogen (secondary N) is 1. The summed E-state index contributed by atoms with van der Waals surface area (Å²) in [6.45, 7) is 2.03. The molecule has 6 heteroatoms. The molecule has 0 saturated carbocycles. The maximum Gasteiger partial charge on any atom is 0.335 e. The summed E-state index contributed by atoms with van der Waals surface area (Å²) in [6, 6.07) is 3.86. The van der Waals surface area contributed by atoms with Gasteiger partial charge in [0, 0.05) is 4.47 Å². The van der Waals surface area contributed by atoms with Crippen molar-refractivity contribution >= 4 is 33.5 Å². The van der Waals surface area contributed by atoms with Crippen LogP contribution >= 0.6 is 15.9 Å². The molecule has 0 aliphatic carbocycles. The van der Waals surface area contributed by atoms with E-state index in [0.29, 0.717) is 16.6 Å². The molecule has 4 N–H and O–H groups in total. The molecular formula is C13H17BrN2O3. The molecule has 5 nitrogen and oxygen atoms in total. The largest absolute Gasteiger partial charge is 0.478 e. The fourth-order valence-electron chi connectivity index (χ4n) is 1.53. The van der Waals surface area contributed by atoms with Crippen LogP contribution in [0.25, 0.3) is 0 Å². The van der Waals surface area contributed by atoms with E-state index in [1.807, 2.05) is 6.92 Å². The lowest BCUT2D eigenvalue weighted by molar-refractivity contribution is -0.117. The molecule has 1 rings (SSSR count). The Morgan fingerprint density at radius 2 is 2.16 bits per heavy atom. The van der Waals surface area contributed by atoms with Crippen LogP contribution in [0.5, 0.6) is 0 Å². The van der Waals surface area contributed by atoms with Gasteiger partial charge in [-0.1, -0.05) is 19.8 Å². The van der Waals surface area contributed by atoms with Crippen molar-refractivity contribution in [2.24, 2.45) is 5.73 Å². The predicted octanol–water partition coefficient (Wildman–Crippen LogP) is 2.60. The predicted molar refractivity (Wildman–Crippen MR) is 77.2 cm³/mol. The van der Waals surface area contributed by atoms with Crippen molar-refractivity contribution in [3.05, 3.63) is 28.2 Å². The van der Waals surface area contributed by atoms with Crippen LogP contribution in [0.3, 0.4) is 0 Å². The highest BCUT2D eigenvalue weighted by Crippen LogP contribution is 2.24. The maximum atomic E-state index is 11.8. The van der Waals surface area contributed by atoms with Crippen molar-refractivity contribution < 1.29 is 14.7 Å². The van der Waals surface area contributed by atoms with E-state index in [0.717, 1.165) is 12.8 Å². The molecular weight excluding hydrogens is 312 g/mol. The first-order valence-corrected chi connectivity index (χ1v) is 6.84. The van der Waals surface area contributed by atoms with Crippen LogP contribution in [-0.2, 0) is 4.79 Å². The number of carboxylic acid groups (broad SMARTS) is 1. The summed E-state index contributed by atoms with van der Waals surface area (Å²) in [5.74, 6) is -1.28. The summed E-state index contributed by atoms with van der Waals surface area (Å²) in [5.41, 5.74) is 6.43. The number of rotatable bonds is 6. The molecule has 0 heterocycles. The van der Waals surface area contributed by atoms with Crippen molar-refractivity contribution in [3.63, 3.8) is 0 Å². The highest BCUT2D eigenvalue weighted by Gasteiger charge is 2.15. The number of hydrogen-bond acceptors (Lipinski definition) is 3. The Hall–Kier alpha value is -1.40. The average molecular weight is 329 g/mol. The molecule has 0 fully saturated rings. The summed E-state index contributed by atoms with van der Waals surface area (Å²) in [4.78, 5) is 22.6. The Balaban J connectivity index is 2.72. The molecule has 0 saturated heterocycles. The van der Waals surface area contributed by atoms with Crippen molar-refractivity contribution in [3.8, 4) is 0 Å². The van der Waals surface area contributed by atoms with E-state index in [2.05, 4.69) is 21.2 Å². The zero-order valence-electron chi connectivity index (χ0n) is 10.6. The van der Waals surface area contributed by atoms with E-state index < -0.39 is 12.0 Å². The fraction of sp³-hybridized carbons (Fsp3) is 0.385. The minimum absolute atomic E-state index is 0.153. The smallest absolute Gasteiger partial charge is 0.335 e. The molecule has 104 valence electrons. The maximum absolute atomic E-state index is 11.8. The minimum Gasteiger partial charge on any atom is -0.478 e. The number of carbonyl (C=O) groups is 2. The van der Waals surface area contributed by atoms with E-state index in [9.17, 15) is 9.59 Å². The van der Waals surface area contributed by atoms with E-state index in [-0.39, 0.29) is 11.5 Å². The number of unbranched alkanes of at least 4 members (excludes halogenated alkanes) is 1. The third-order valence-corrected chi connectivity index (χ3v) is 3.34. The molecule has 0 aliphatic rings. The summed E-state index contributed by atoms with van der Waals surface area (Å²) >= 11 is 3.23. The number of anilines is 1. The Labute approximate surface area is 120 Å². The van der Waals surface area contributed by atoms with Gasteiger partial charge in [-0.05, 0) is 40.5 Å². The standard InChI is InChI=1S/C13H17BrN2O3/c1-2-3-4-10(15)12(17)16-11-6-5-8(13(18)19)7-9(11)14/h5-7,10H,2-4,15H2,1H3,(H,16,17)(H,18,19)/t10-/m0/s1. The molecule has 1 atom stereocenters. The Morgan fingerprint density at radius 3 is 2.68 bits per heavy atom. The number of halogens is 1. The highest BCUT2D eigenvalue weighted by atomic mass is 79.9. The molecule has 0 radical (unpaired) electrons. The Bertz CT molecular complexity index is 477. The van der Waals surface area contributed by atoms with Crippen molar-refractivity contribution in [1.29, 1.82) is 0 Å². The summed E-state index contributed by atoms with van der Waals surface area (Å²) in [7, 11) is 0.